The summed E-state index contributed by atoms with van der Waals surface area (Å²) in [7, 11) is 0. The molecule has 104 valence electrons. The summed E-state index contributed by atoms with van der Waals surface area (Å²) in [5.41, 5.74) is 1.07. The molecule has 0 saturated heterocycles. The highest BCUT2D eigenvalue weighted by Crippen LogP contribution is 2.13. The van der Waals surface area contributed by atoms with E-state index in [1.165, 1.54) is 18.3 Å². The first-order valence-electron chi connectivity index (χ1n) is 5.96. The van der Waals surface area contributed by atoms with E-state index < -0.39 is 5.50 Å². The Kier molecular flexibility index (Phi) is 5.01. The van der Waals surface area contributed by atoms with Crippen molar-refractivity contribution in [3.8, 4) is 5.88 Å². The van der Waals surface area contributed by atoms with Crippen molar-refractivity contribution in [3.05, 3.63) is 64.4 Å². The number of nitrogens with zero attached hydrogens (tertiary/aromatic N) is 2. The lowest BCUT2D eigenvalue weighted by Crippen LogP contribution is -2.00. The van der Waals surface area contributed by atoms with Crippen LogP contribution in [0.15, 0.2) is 47.8 Å². The van der Waals surface area contributed by atoms with Crippen LogP contribution in [0.5, 0.6) is 5.88 Å². The molecule has 0 aliphatic carbocycles. The fraction of sp³-hybridized carbons (Fsp3) is 0.214. The van der Waals surface area contributed by atoms with Gasteiger partial charge in [-0.25, -0.2) is 9.37 Å². The lowest BCUT2D eigenvalue weighted by Gasteiger charge is -2.06. The van der Waals surface area contributed by atoms with Gasteiger partial charge in [0.1, 0.15) is 12.4 Å². The van der Waals surface area contributed by atoms with E-state index >= 15 is 0 Å². The normalized spacial score (nSPS) is 11.9. The van der Waals surface area contributed by atoms with Crippen molar-refractivity contribution in [3.63, 3.8) is 0 Å². The zero-order valence-corrected chi connectivity index (χ0v) is 11.3. The lowest BCUT2D eigenvalue weighted by atomic mass is 10.1. The third-order valence-electron chi connectivity index (χ3n) is 2.63. The van der Waals surface area contributed by atoms with Gasteiger partial charge >= 0.3 is 0 Å². The SMILES string of the molecule is O=NC(Cl)Cc1ccc(COc2cc(F)ccn2)cc1. The molecular weight excluding hydrogens is 283 g/mol. The first-order chi connectivity index (χ1) is 9.67. The number of halogens is 2. The van der Waals surface area contributed by atoms with Gasteiger partial charge in [-0.1, -0.05) is 35.9 Å². The largest absolute Gasteiger partial charge is 0.473 e. The Morgan fingerprint density at radius 2 is 1.95 bits per heavy atom. The predicted molar refractivity (Wildman–Crippen MR) is 74.1 cm³/mol. The number of alkyl halides is 1. The van der Waals surface area contributed by atoms with Crippen LogP contribution >= 0.6 is 11.6 Å². The molecule has 0 fully saturated rings. The molecule has 0 aliphatic heterocycles. The quantitative estimate of drug-likeness (QED) is 0.464. The Morgan fingerprint density at radius 1 is 1.25 bits per heavy atom. The van der Waals surface area contributed by atoms with Gasteiger partial charge in [0, 0.05) is 18.7 Å². The van der Waals surface area contributed by atoms with E-state index in [2.05, 4.69) is 10.2 Å². The maximum absolute atomic E-state index is 12.9. The van der Waals surface area contributed by atoms with Crippen molar-refractivity contribution < 1.29 is 9.13 Å². The highest BCUT2D eigenvalue weighted by molar-refractivity contribution is 6.20. The van der Waals surface area contributed by atoms with Crippen LogP contribution in [0.4, 0.5) is 4.39 Å². The predicted octanol–water partition coefficient (Wildman–Crippen LogP) is 3.67. The molecule has 1 aromatic heterocycles. The number of pyridine rings is 1. The minimum absolute atomic E-state index is 0.236. The summed E-state index contributed by atoms with van der Waals surface area (Å²) in [5, 5.41) is 2.74. The summed E-state index contributed by atoms with van der Waals surface area (Å²) in [4.78, 5) is 14.1. The lowest BCUT2D eigenvalue weighted by molar-refractivity contribution is 0.292. The number of aromatic nitrogens is 1. The molecule has 0 radical (unpaired) electrons. The van der Waals surface area contributed by atoms with Crippen molar-refractivity contribution in [1.82, 2.24) is 4.98 Å². The van der Waals surface area contributed by atoms with Gasteiger partial charge in [-0.15, -0.1) is 4.91 Å². The number of benzene rings is 1. The first kappa shape index (κ1) is 14.4. The summed E-state index contributed by atoms with van der Waals surface area (Å²) in [5.74, 6) is -0.153. The van der Waals surface area contributed by atoms with Crippen molar-refractivity contribution in [1.29, 1.82) is 0 Å². The van der Waals surface area contributed by atoms with Crippen molar-refractivity contribution in [2.75, 3.05) is 0 Å². The third-order valence-corrected chi connectivity index (χ3v) is 2.86. The van der Waals surface area contributed by atoms with Crippen LogP contribution in [0.2, 0.25) is 0 Å². The van der Waals surface area contributed by atoms with E-state index in [4.69, 9.17) is 16.3 Å². The number of hydrogen-bond acceptors (Lipinski definition) is 4. The minimum atomic E-state index is -0.756. The molecule has 0 aliphatic rings. The van der Waals surface area contributed by atoms with Crippen LogP contribution < -0.4 is 4.74 Å². The first-order valence-corrected chi connectivity index (χ1v) is 6.40. The van der Waals surface area contributed by atoms with Crippen LogP contribution in [0, 0.1) is 10.7 Å². The highest BCUT2D eigenvalue weighted by Gasteiger charge is 2.05. The zero-order chi connectivity index (χ0) is 14.4. The molecule has 0 saturated carbocycles. The van der Waals surface area contributed by atoms with Crippen LogP contribution in [0.1, 0.15) is 11.1 Å². The Morgan fingerprint density at radius 3 is 2.60 bits per heavy atom. The Balaban J connectivity index is 1.92. The van der Waals surface area contributed by atoms with E-state index in [1.807, 2.05) is 24.3 Å². The number of nitroso groups, excluding NO2 is 1. The van der Waals surface area contributed by atoms with Gasteiger partial charge in [0.25, 0.3) is 0 Å². The average Bonchev–Trinajstić information content (AvgIpc) is 2.46. The molecule has 4 nitrogen and oxygen atoms in total. The molecule has 1 heterocycles. The van der Waals surface area contributed by atoms with E-state index in [-0.39, 0.29) is 18.3 Å². The van der Waals surface area contributed by atoms with Crippen molar-refractivity contribution in [2.45, 2.75) is 18.5 Å². The summed E-state index contributed by atoms with van der Waals surface area (Å²) >= 11 is 5.65. The molecule has 0 spiro atoms. The maximum Gasteiger partial charge on any atom is 0.216 e. The summed E-state index contributed by atoms with van der Waals surface area (Å²) in [6.45, 7) is 0.285. The fourth-order valence-electron chi connectivity index (χ4n) is 1.62. The van der Waals surface area contributed by atoms with Gasteiger partial charge in [-0.2, -0.15) is 0 Å². The van der Waals surface area contributed by atoms with Gasteiger partial charge in [-0.05, 0) is 22.4 Å². The molecule has 6 heteroatoms. The van der Waals surface area contributed by atoms with Gasteiger partial charge in [0.2, 0.25) is 5.88 Å². The number of hydrogen-bond donors (Lipinski definition) is 0. The second-order valence-corrected chi connectivity index (χ2v) is 4.67. The Hall–Kier alpha value is -2.01. The van der Waals surface area contributed by atoms with Crippen LogP contribution in [-0.2, 0) is 13.0 Å². The highest BCUT2D eigenvalue weighted by atomic mass is 35.5. The fourth-order valence-corrected chi connectivity index (χ4v) is 1.80. The monoisotopic (exact) mass is 294 g/mol. The smallest absolute Gasteiger partial charge is 0.216 e. The van der Waals surface area contributed by atoms with Crippen LogP contribution in [0.25, 0.3) is 0 Å². The molecular formula is C14H12ClFN2O2. The molecule has 2 aromatic rings. The van der Waals surface area contributed by atoms with E-state index in [0.29, 0.717) is 6.42 Å². The number of rotatable bonds is 6. The van der Waals surface area contributed by atoms with Crippen molar-refractivity contribution in [2.24, 2.45) is 5.18 Å². The zero-order valence-electron chi connectivity index (χ0n) is 10.5. The molecule has 0 bridgehead atoms. The molecule has 1 aromatic carbocycles. The standard InChI is InChI=1S/C14H12ClFN2O2/c15-13(18-19)7-10-1-3-11(4-2-10)9-20-14-8-12(16)5-6-17-14/h1-6,8,13H,7,9H2. The average molecular weight is 295 g/mol. The van der Waals surface area contributed by atoms with E-state index in [9.17, 15) is 9.30 Å². The molecule has 1 unspecified atom stereocenters. The van der Waals surface area contributed by atoms with Gasteiger partial charge < -0.3 is 4.74 Å². The summed E-state index contributed by atoms with van der Waals surface area (Å²) in [6, 6.07) is 9.87. The summed E-state index contributed by atoms with van der Waals surface area (Å²) in [6.07, 6.45) is 1.73. The number of ether oxygens (including phenoxy) is 1. The van der Waals surface area contributed by atoms with Gasteiger partial charge in [0.05, 0.1) is 0 Å². The minimum Gasteiger partial charge on any atom is -0.473 e. The molecule has 0 amide bonds. The third kappa shape index (κ3) is 4.28. The van der Waals surface area contributed by atoms with E-state index in [1.54, 1.807) is 0 Å². The summed E-state index contributed by atoms with van der Waals surface area (Å²) < 4.78 is 18.3. The second-order valence-electron chi connectivity index (χ2n) is 4.16. The Bertz CT molecular complexity index is 578. The topological polar surface area (TPSA) is 51.5 Å². The van der Waals surface area contributed by atoms with Crippen LogP contribution in [-0.4, -0.2) is 10.5 Å². The van der Waals surface area contributed by atoms with E-state index in [0.717, 1.165) is 11.1 Å². The van der Waals surface area contributed by atoms with Gasteiger partial charge in [-0.3, -0.25) is 0 Å². The molecule has 2 rings (SSSR count). The maximum atomic E-state index is 12.9. The Labute approximate surface area is 120 Å². The van der Waals surface area contributed by atoms with Crippen molar-refractivity contribution >= 4 is 11.6 Å². The molecule has 1 atom stereocenters. The molecule has 20 heavy (non-hydrogen) atoms. The van der Waals surface area contributed by atoms with Crippen LogP contribution in [0.3, 0.4) is 0 Å². The molecule has 0 N–H and O–H groups in total. The van der Waals surface area contributed by atoms with Gasteiger partial charge in [0.15, 0.2) is 5.50 Å². The second kappa shape index (κ2) is 6.96.